The molecular formula is C17H16Cl2FNOS. The van der Waals surface area contributed by atoms with E-state index in [9.17, 15) is 9.18 Å². The molecule has 23 heavy (non-hydrogen) atoms. The number of halogens is 3. The zero-order valence-corrected chi connectivity index (χ0v) is 15.1. The Kier molecular flexibility index (Phi) is 5.95. The van der Waals surface area contributed by atoms with Gasteiger partial charge < -0.3 is 0 Å². The van der Waals surface area contributed by atoms with Gasteiger partial charge >= 0.3 is 3.92 Å². The Morgan fingerprint density at radius 3 is 2.52 bits per heavy atom. The van der Waals surface area contributed by atoms with Gasteiger partial charge in [-0.1, -0.05) is 60.5 Å². The van der Waals surface area contributed by atoms with Crippen molar-refractivity contribution in [2.24, 2.45) is 0 Å². The van der Waals surface area contributed by atoms with Gasteiger partial charge in [0.2, 0.25) is 0 Å². The van der Waals surface area contributed by atoms with Crippen LogP contribution in [0.4, 0.5) is 10.1 Å². The highest BCUT2D eigenvalue weighted by molar-refractivity contribution is 8.05. The predicted octanol–water partition coefficient (Wildman–Crippen LogP) is 5.91. The summed E-state index contributed by atoms with van der Waals surface area (Å²) in [5.74, 6) is -0.371. The molecule has 2 aromatic carbocycles. The average molecular weight is 372 g/mol. The Morgan fingerprint density at radius 2 is 1.91 bits per heavy atom. The quantitative estimate of drug-likeness (QED) is 0.480. The maximum atomic E-state index is 13.8. The van der Waals surface area contributed by atoms with Gasteiger partial charge in [-0.3, -0.25) is 4.79 Å². The fourth-order valence-electron chi connectivity index (χ4n) is 2.14. The fraction of sp³-hybridized carbons (Fsp3) is 0.235. The van der Waals surface area contributed by atoms with Gasteiger partial charge in [0.05, 0.1) is 5.69 Å². The van der Waals surface area contributed by atoms with Crippen molar-refractivity contribution in [2.45, 2.75) is 24.2 Å². The molecule has 0 aliphatic rings. The highest BCUT2D eigenvalue weighted by atomic mass is 35.5. The molecule has 0 heterocycles. The Morgan fingerprint density at radius 1 is 1.22 bits per heavy atom. The smallest absolute Gasteiger partial charge is 0.268 e. The molecule has 0 aromatic heterocycles. The number of aryl methyl sites for hydroxylation is 2. The molecule has 0 aliphatic carbocycles. The van der Waals surface area contributed by atoms with Crippen LogP contribution in [0.25, 0.3) is 0 Å². The first-order chi connectivity index (χ1) is 10.8. The van der Waals surface area contributed by atoms with Crippen LogP contribution in [0.1, 0.15) is 28.4 Å². The molecule has 1 amide bonds. The summed E-state index contributed by atoms with van der Waals surface area (Å²) in [4.78, 5) is 12.9. The first kappa shape index (κ1) is 18.1. The second-order valence-corrected chi connectivity index (χ2v) is 7.77. The minimum atomic E-state index is -2.61. The SMILES string of the molecule is CCc1cccc(N(SC(F)(Cl)Cl)C(=O)c2ccccc2C)c1. The molecule has 0 atom stereocenters. The number of hydrogen-bond acceptors (Lipinski definition) is 2. The number of rotatable bonds is 5. The van der Waals surface area contributed by atoms with E-state index < -0.39 is 3.92 Å². The Hall–Kier alpha value is -1.23. The predicted molar refractivity (Wildman–Crippen MR) is 96.9 cm³/mol. The van der Waals surface area contributed by atoms with Crippen molar-refractivity contribution in [3.63, 3.8) is 0 Å². The highest BCUT2D eigenvalue weighted by Crippen LogP contribution is 2.41. The summed E-state index contributed by atoms with van der Waals surface area (Å²) in [5.41, 5.74) is 2.83. The van der Waals surface area contributed by atoms with Gasteiger partial charge in [-0.15, -0.1) is 0 Å². The van der Waals surface area contributed by atoms with Crippen LogP contribution in [-0.2, 0) is 6.42 Å². The second kappa shape index (κ2) is 7.56. The normalized spacial score (nSPS) is 11.3. The van der Waals surface area contributed by atoms with Crippen molar-refractivity contribution in [3.05, 3.63) is 65.2 Å². The molecule has 0 radical (unpaired) electrons. The molecule has 0 bridgehead atoms. The molecule has 0 spiro atoms. The lowest BCUT2D eigenvalue weighted by Gasteiger charge is -2.25. The van der Waals surface area contributed by atoms with Gasteiger partial charge in [0.1, 0.15) is 0 Å². The van der Waals surface area contributed by atoms with Crippen molar-refractivity contribution in [3.8, 4) is 0 Å². The molecule has 2 aromatic rings. The Bertz CT molecular complexity index is 703. The maximum absolute atomic E-state index is 13.8. The number of hydrogen-bond donors (Lipinski definition) is 0. The molecule has 2 rings (SSSR count). The third-order valence-electron chi connectivity index (χ3n) is 3.31. The van der Waals surface area contributed by atoms with Crippen LogP contribution >= 0.6 is 35.1 Å². The van der Waals surface area contributed by atoms with Gasteiger partial charge in [-0.05, 0) is 42.7 Å². The molecule has 0 saturated heterocycles. The van der Waals surface area contributed by atoms with E-state index in [1.165, 1.54) is 4.31 Å². The summed E-state index contributed by atoms with van der Waals surface area (Å²) >= 11 is 11.4. The Labute approximate surface area is 149 Å². The van der Waals surface area contributed by atoms with Gasteiger partial charge in [0, 0.05) is 17.5 Å². The van der Waals surface area contributed by atoms with Crippen molar-refractivity contribution in [1.82, 2.24) is 0 Å². The summed E-state index contributed by atoms with van der Waals surface area (Å²) in [5, 5.41) is 0. The monoisotopic (exact) mass is 371 g/mol. The van der Waals surface area contributed by atoms with E-state index in [0.29, 0.717) is 23.2 Å². The van der Waals surface area contributed by atoms with Crippen LogP contribution in [0.15, 0.2) is 48.5 Å². The third kappa shape index (κ3) is 4.87. The van der Waals surface area contributed by atoms with Gasteiger partial charge in [0.15, 0.2) is 0 Å². The largest absolute Gasteiger partial charge is 0.324 e. The third-order valence-corrected chi connectivity index (χ3v) is 4.49. The number of amides is 1. The van der Waals surface area contributed by atoms with E-state index in [1.807, 2.05) is 44.2 Å². The topological polar surface area (TPSA) is 20.3 Å². The van der Waals surface area contributed by atoms with Crippen molar-refractivity contribution in [1.29, 1.82) is 0 Å². The molecule has 2 nitrogen and oxygen atoms in total. The minimum absolute atomic E-state index is 0.371. The number of carbonyl (C=O) groups excluding carboxylic acids is 1. The van der Waals surface area contributed by atoms with E-state index in [0.717, 1.165) is 17.5 Å². The van der Waals surface area contributed by atoms with Crippen LogP contribution < -0.4 is 4.31 Å². The summed E-state index contributed by atoms with van der Waals surface area (Å²) in [6.07, 6.45) is 0.799. The second-order valence-electron chi connectivity index (χ2n) is 4.97. The number of nitrogens with zero attached hydrogens (tertiary/aromatic N) is 1. The van der Waals surface area contributed by atoms with Crippen LogP contribution in [0.3, 0.4) is 0 Å². The number of alkyl halides is 3. The molecule has 122 valence electrons. The zero-order chi connectivity index (χ0) is 17.0. The lowest BCUT2D eigenvalue weighted by atomic mass is 10.1. The number of benzene rings is 2. The highest BCUT2D eigenvalue weighted by Gasteiger charge is 2.32. The zero-order valence-electron chi connectivity index (χ0n) is 12.7. The van der Waals surface area contributed by atoms with Crippen molar-refractivity contribution >= 4 is 46.7 Å². The summed E-state index contributed by atoms with van der Waals surface area (Å²) in [6.45, 7) is 3.82. The van der Waals surface area contributed by atoms with Crippen LogP contribution in [0, 0.1) is 6.92 Å². The van der Waals surface area contributed by atoms with E-state index in [-0.39, 0.29) is 5.91 Å². The first-order valence-corrected chi connectivity index (χ1v) is 8.59. The summed E-state index contributed by atoms with van der Waals surface area (Å²) < 4.78 is 12.4. The Balaban J connectivity index is 2.45. The molecule has 0 unspecified atom stereocenters. The first-order valence-electron chi connectivity index (χ1n) is 7.06. The molecule has 0 aliphatic heterocycles. The van der Waals surface area contributed by atoms with E-state index >= 15 is 0 Å². The summed E-state index contributed by atoms with van der Waals surface area (Å²) in [6, 6.07) is 14.4. The van der Waals surface area contributed by atoms with Gasteiger partial charge in [-0.2, -0.15) is 4.39 Å². The molecule has 0 fully saturated rings. The van der Waals surface area contributed by atoms with Crippen molar-refractivity contribution in [2.75, 3.05) is 4.31 Å². The van der Waals surface area contributed by atoms with E-state index in [4.69, 9.17) is 23.2 Å². The number of anilines is 1. The van der Waals surface area contributed by atoms with Crippen LogP contribution in [0.2, 0.25) is 0 Å². The molecule has 6 heteroatoms. The standard InChI is InChI=1S/C17H16Cl2FNOS/c1-3-13-8-6-9-14(11-13)21(23-17(18,19)20)16(22)15-10-5-4-7-12(15)2/h4-11H,3H2,1-2H3. The molecular weight excluding hydrogens is 356 g/mol. The summed E-state index contributed by atoms with van der Waals surface area (Å²) in [7, 11) is 0. The lowest BCUT2D eigenvalue weighted by molar-refractivity contribution is 0.101. The van der Waals surface area contributed by atoms with Gasteiger partial charge in [-0.25, -0.2) is 4.31 Å². The van der Waals surface area contributed by atoms with Crippen LogP contribution in [0.5, 0.6) is 0 Å². The molecule has 0 saturated carbocycles. The van der Waals surface area contributed by atoms with Crippen LogP contribution in [-0.4, -0.2) is 9.83 Å². The van der Waals surface area contributed by atoms with E-state index in [2.05, 4.69) is 0 Å². The lowest BCUT2D eigenvalue weighted by Crippen LogP contribution is -2.28. The van der Waals surface area contributed by atoms with E-state index in [1.54, 1.807) is 18.2 Å². The molecule has 0 N–H and O–H groups in total. The maximum Gasteiger partial charge on any atom is 0.324 e. The average Bonchev–Trinajstić information content (AvgIpc) is 2.51. The van der Waals surface area contributed by atoms with Gasteiger partial charge in [0.25, 0.3) is 5.91 Å². The van der Waals surface area contributed by atoms with Crippen molar-refractivity contribution < 1.29 is 9.18 Å². The minimum Gasteiger partial charge on any atom is -0.268 e. The fourth-order valence-corrected chi connectivity index (χ4v) is 3.16. The number of carbonyl (C=O) groups is 1.